The molecule has 0 atom stereocenters. The molecular weight excluding hydrogens is 376 g/mol. The zero-order valence-corrected chi connectivity index (χ0v) is 15.5. The lowest BCUT2D eigenvalue weighted by molar-refractivity contribution is -0.121. The molecule has 0 N–H and O–H groups in total. The Hall–Kier alpha value is -2.16. The average Bonchev–Trinajstić information content (AvgIpc) is 3.20. The Labute approximate surface area is 154 Å². The van der Waals surface area contributed by atoms with Crippen molar-refractivity contribution in [2.45, 2.75) is 4.90 Å². The minimum Gasteiger partial charge on any atom is -0.282 e. The van der Waals surface area contributed by atoms with Crippen LogP contribution < -0.4 is 0 Å². The quantitative estimate of drug-likeness (QED) is 0.578. The van der Waals surface area contributed by atoms with Crippen LogP contribution in [0.4, 0.5) is 0 Å². The molecule has 0 saturated carbocycles. The number of carbonyl (C=O) groups excluding carboxylic acids is 1. The van der Waals surface area contributed by atoms with Crippen LogP contribution in [0.1, 0.15) is 4.88 Å². The monoisotopic (exact) mass is 390 g/mol. The van der Waals surface area contributed by atoms with Crippen LogP contribution >= 0.6 is 23.1 Å². The van der Waals surface area contributed by atoms with E-state index in [1.807, 2.05) is 17.5 Å². The van der Waals surface area contributed by atoms with E-state index in [4.69, 9.17) is 0 Å². The van der Waals surface area contributed by atoms with Gasteiger partial charge >= 0.3 is 0 Å². The van der Waals surface area contributed by atoms with Gasteiger partial charge in [0.25, 0.3) is 15.9 Å². The van der Waals surface area contributed by atoms with Crippen molar-refractivity contribution in [3.63, 3.8) is 0 Å². The predicted molar refractivity (Wildman–Crippen MR) is 103 cm³/mol. The molecule has 1 aromatic carbocycles. The summed E-state index contributed by atoms with van der Waals surface area (Å²) in [5.74, 6) is -0.277. The molecule has 0 spiro atoms. The van der Waals surface area contributed by atoms with Crippen molar-refractivity contribution in [3.8, 4) is 0 Å². The van der Waals surface area contributed by atoms with Gasteiger partial charge in [-0.15, -0.1) is 22.3 Å². The molecule has 2 aromatic rings. The van der Waals surface area contributed by atoms with E-state index in [1.165, 1.54) is 34.4 Å². The van der Waals surface area contributed by atoms with Crippen molar-refractivity contribution < 1.29 is 13.2 Å². The summed E-state index contributed by atoms with van der Waals surface area (Å²) in [4.78, 5) is 15.3. The smallest absolute Gasteiger partial charge is 0.282 e. The summed E-state index contributed by atoms with van der Waals surface area (Å²) in [6.07, 6.45) is 3.28. The maximum Gasteiger partial charge on any atom is 0.284 e. The van der Waals surface area contributed by atoms with Gasteiger partial charge in [-0.25, -0.2) is 0 Å². The molecule has 0 bridgehead atoms. The first-order chi connectivity index (χ1) is 12.0. The van der Waals surface area contributed by atoms with Gasteiger partial charge in [0.2, 0.25) is 0 Å². The van der Waals surface area contributed by atoms with E-state index in [0.29, 0.717) is 4.91 Å². The highest BCUT2D eigenvalue weighted by Crippen LogP contribution is 2.34. The predicted octanol–water partition coefficient (Wildman–Crippen LogP) is 3.60. The van der Waals surface area contributed by atoms with E-state index in [9.17, 15) is 13.2 Å². The first-order valence-electron chi connectivity index (χ1n) is 7.27. The average molecular weight is 391 g/mol. The van der Waals surface area contributed by atoms with Crippen molar-refractivity contribution in [3.05, 3.63) is 70.3 Å². The molecule has 5 nitrogen and oxygen atoms in total. The molecule has 1 aliphatic rings. The molecule has 0 radical (unpaired) electrons. The van der Waals surface area contributed by atoms with Crippen LogP contribution in [0, 0.1) is 0 Å². The third-order valence-corrected chi connectivity index (χ3v) is 6.48. The summed E-state index contributed by atoms with van der Waals surface area (Å²) in [6.45, 7) is 3.81. The highest BCUT2D eigenvalue weighted by atomic mass is 32.2. The SMILES string of the molecule is C=CCN1C(=O)/C(=C/c2cccs2)SC1=NS(=O)(=O)c1ccccc1. The Kier molecular flexibility index (Phi) is 5.22. The lowest BCUT2D eigenvalue weighted by Crippen LogP contribution is -2.29. The van der Waals surface area contributed by atoms with Gasteiger partial charge in [-0.3, -0.25) is 9.69 Å². The molecular formula is C17H14N2O3S3. The van der Waals surface area contributed by atoms with Crippen molar-refractivity contribution in [2.75, 3.05) is 6.54 Å². The summed E-state index contributed by atoms with van der Waals surface area (Å²) >= 11 is 2.55. The molecule has 1 amide bonds. The molecule has 0 aliphatic carbocycles. The Bertz CT molecular complexity index is 946. The Morgan fingerprint density at radius 1 is 1.16 bits per heavy atom. The topological polar surface area (TPSA) is 66.8 Å². The van der Waals surface area contributed by atoms with Gasteiger partial charge in [0.15, 0.2) is 5.17 Å². The number of hydrogen-bond acceptors (Lipinski definition) is 5. The van der Waals surface area contributed by atoms with E-state index in [-0.39, 0.29) is 22.5 Å². The highest BCUT2D eigenvalue weighted by molar-refractivity contribution is 8.19. The van der Waals surface area contributed by atoms with Crippen molar-refractivity contribution >= 4 is 50.3 Å². The van der Waals surface area contributed by atoms with E-state index in [0.717, 1.165) is 16.6 Å². The van der Waals surface area contributed by atoms with Crippen LogP contribution in [0.15, 0.2) is 74.7 Å². The lowest BCUT2D eigenvalue weighted by Gasteiger charge is -2.12. The first-order valence-corrected chi connectivity index (χ1v) is 10.4. The molecule has 128 valence electrons. The molecule has 25 heavy (non-hydrogen) atoms. The number of nitrogens with zero attached hydrogens (tertiary/aromatic N) is 2. The molecule has 2 heterocycles. The second-order valence-corrected chi connectivity index (χ2v) is 8.58. The largest absolute Gasteiger partial charge is 0.284 e. The van der Waals surface area contributed by atoms with Gasteiger partial charge in [0.05, 0.1) is 9.80 Å². The molecule has 1 saturated heterocycles. The van der Waals surface area contributed by atoms with E-state index in [2.05, 4.69) is 11.0 Å². The van der Waals surface area contributed by atoms with E-state index in [1.54, 1.807) is 24.3 Å². The van der Waals surface area contributed by atoms with Crippen molar-refractivity contribution in [2.24, 2.45) is 4.40 Å². The normalized spacial score (nSPS) is 18.2. The summed E-state index contributed by atoms with van der Waals surface area (Å²) in [5.41, 5.74) is 0. The number of rotatable bonds is 5. The van der Waals surface area contributed by atoms with Gasteiger partial charge in [0.1, 0.15) is 0 Å². The van der Waals surface area contributed by atoms with Gasteiger partial charge in [-0.1, -0.05) is 30.3 Å². The number of sulfonamides is 1. The zero-order valence-electron chi connectivity index (χ0n) is 13.0. The van der Waals surface area contributed by atoms with Crippen molar-refractivity contribution in [1.29, 1.82) is 0 Å². The van der Waals surface area contributed by atoms with Crippen LogP contribution in [-0.2, 0) is 14.8 Å². The Balaban J connectivity index is 1.99. The van der Waals surface area contributed by atoms with E-state index < -0.39 is 10.0 Å². The molecule has 8 heteroatoms. The van der Waals surface area contributed by atoms with Crippen molar-refractivity contribution in [1.82, 2.24) is 4.90 Å². The van der Waals surface area contributed by atoms with Crippen LogP contribution in [0.5, 0.6) is 0 Å². The van der Waals surface area contributed by atoms with Crippen LogP contribution in [-0.4, -0.2) is 30.9 Å². The minimum atomic E-state index is -3.89. The summed E-state index contributed by atoms with van der Waals surface area (Å²) < 4.78 is 28.9. The van der Waals surface area contributed by atoms with Gasteiger partial charge in [-0.05, 0) is 41.4 Å². The summed E-state index contributed by atoms with van der Waals surface area (Å²) in [6, 6.07) is 11.7. The Morgan fingerprint density at radius 3 is 2.56 bits per heavy atom. The van der Waals surface area contributed by atoms with E-state index >= 15 is 0 Å². The van der Waals surface area contributed by atoms with Gasteiger partial charge in [0, 0.05) is 11.4 Å². The number of hydrogen-bond donors (Lipinski definition) is 0. The number of benzene rings is 1. The molecule has 0 unspecified atom stereocenters. The third kappa shape index (κ3) is 3.92. The fourth-order valence-corrected chi connectivity index (χ4v) is 5.05. The number of amidine groups is 1. The fraction of sp³-hybridized carbons (Fsp3) is 0.0588. The lowest BCUT2D eigenvalue weighted by atomic mass is 10.3. The number of thioether (sulfide) groups is 1. The third-order valence-electron chi connectivity index (χ3n) is 3.26. The maximum absolute atomic E-state index is 12.6. The van der Waals surface area contributed by atoms with Crippen LogP contribution in [0.25, 0.3) is 6.08 Å². The molecule has 1 aromatic heterocycles. The molecule has 3 rings (SSSR count). The second kappa shape index (κ2) is 7.38. The number of thiophene rings is 1. The standard InChI is InChI=1S/C17H14N2O3S3/c1-2-10-19-16(20)15(12-13-7-6-11-23-13)24-17(19)18-25(21,22)14-8-4-3-5-9-14/h2-9,11-12H,1,10H2/b15-12-,18-17?. The fourth-order valence-electron chi connectivity index (χ4n) is 2.12. The molecule has 1 fully saturated rings. The van der Waals surface area contributed by atoms with Crippen LogP contribution in [0.3, 0.4) is 0 Å². The number of amides is 1. The minimum absolute atomic E-state index is 0.0878. The second-order valence-electron chi connectivity index (χ2n) is 4.99. The Morgan fingerprint density at radius 2 is 1.92 bits per heavy atom. The molecule has 1 aliphatic heterocycles. The summed E-state index contributed by atoms with van der Waals surface area (Å²) in [7, 11) is -3.89. The zero-order chi connectivity index (χ0) is 17.9. The van der Waals surface area contributed by atoms with Gasteiger partial charge in [-0.2, -0.15) is 8.42 Å². The number of carbonyl (C=O) groups is 1. The summed E-state index contributed by atoms with van der Waals surface area (Å²) in [5, 5.41) is 2.05. The van der Waals surface area contributed by atoms with Crippen LogP contribution in [0.2, 0.25) is 0 Å². The van der Waals surface area contributed by atoms with Gasteiger partial charge < -0.3 is 0 Å². The first kappa shape index (κ1) is 17.7. The highest BCUT2D eigenvalue weighted by Gasteiger charge is 2.34. The maximum atomic E-state index is 12.6.